The summed E-state index contributed by atoms with van der Waals surface area (Å²) in [4.78, 5) is 14.4. The Morgan fingerprint density at radius 2 is 1.72 bits per heavy atom. The van der Waals surface area contributed by atoms with Gasteiger partial charge in [-0.25, -0.2) is 0 Å². The second-order valence-corrected chi connectivity index (χ2v) is 6.54. The molecular formula is C15H28N2O. The van der Waals surface area contributed by atoms with Gasteiger partial charge in [0.2, 0.25) is 5.91 Å². The predicted octanol–water partition coefficient (Wildman–Crippen LogP) is 2.41. The lowest BCUT2D eigenvalue weighted by Gasteiger charge is -2.35. The van der Waals surface area contributed by atoms with Crippen LogP contribution in [0.3, 0.4) is 0 Å². The van der Waals surface area contributed by atoms with Crippen LogP contribution >= 0.6 is 0 Å². The van der Waals surface area contributed by atoms with Crippen LogP contribution in [-0.2, 0) is 4.79 Å². The fourth-order valence-electron chi connectivity index (χ4n) is 3.64. The van der Waals surface area contributed by atoms with Crippen molar-refractivity contribution in [3.63, 3.8) is 0 Å². The van der Waals surface area contributed by atoms with Crippen LogP contribution in [0, 0.1) is 11.8 Å². The molecule has 2 fully saturated rings. The maximum absolute atomic E-state index is 12.0. The normalized spacial score (nSPS) is 31.2. The van der Waals surface area contributed by atoms with Crippen LogP contribution in [0.15, 0.2) is 0 Å². The summed E-state index contributed by atoms with van der Waals surface area (Å²) < 4.78 is 0. The highest BCUT2D eigenvalue weighted by Gasteiger charge is 2.24. The van der Waals surface area contributed by atoms with Gasteiger partial charge in [-0.15, -0.1) is 0 Å². The second kappa shape index (κ2) is 6.55. The smallest absolute Gasteiger partial charge is 0.234 e. The number of nitrogens with zero attached hydrogens (tertiary/aromatic N) is 1. The first-order valence-corrected chi connectivity index (χ1v) is 7.65. The number of amides is 1. The van der Waals surface area contributed by atoms with Gasteiger partial charge in [0.25, 0.3) is 0 Å². The summed E-state index contributed by atoms with van der Waals surface area (Å²) in [5.41, 5.74) is 0. The van der Waals surface area contributed by atoms with Crippen LogP contribution in [0.4, 0.5) is 0 Å². The van der Waals surface area contributed by atoms with E-state index in [1.807, 2.05) is 0 Å². The Morgan fingerprint density at radius 1 is 1.11 bits per heavy atom. The molecule has 0 spiro atoms. The summed E-state index contributed by atoms with van der Waals surface area (Å²) in [5, 5.41) is 3.22. The molecule has 0 aromatic rings. The Kier molecular flexibility index (Phi) is 5.04. The monoisotopic (exact) mass is 252 g/mol. The number of rotatable bonds is 3. The maximum atomic E-state index is 12.0. The quantitative estimate of drug-likeness (QED) is 0.836. The zero-order valence-electron chi connectivity index (χ0n) is 12.0. The maximum Gasteiger partial charge on any atom is 0.234 e. The predicted molar refractivity (Wildman–Crippen MR) is 74.4 cm³/mol. The van der Waals surface area contributed by atoms with E-state index in [-0.39, 0.29) is 5.91 Å². The Morgan fingerprint density at radius 3 is 2.33 bits per heavy atom. The highest BCUT2D eigenvalue weighted by Crippen LogP contribution is 2.21. The molecule has 0 aromatic heterocycles. The summed E-state index contributed by atoms with van der Waals surface area (Å²) >= 11 is 0. The number of likely N-dealkylation sites (tertiary alicyclic amines) is 1. The molecule has 1 saturated heterocycles. The lowest BCUT2D eigenvalue weighted by Crippen LogP contribution is -2.47. The van der Waals surface area contributed by atoms with E-state index in [9.17, 15) is 4.79 Å². The van der Waals surface area contributed by atoms with E-state index in [0.29, 0.717) is 12.6 Å². The van der Waals surface area contributed by atoms with Gasteiger partial charge in [-0.3, -0.25) is 9.69 Å². The Bertz CT molecular complexity index is 264. The van der Waals surface area contributed by atoms with Crippen LogP contribution < -0.4 is 5.32 Å². The molecule has 1 aliphatic carbocycles. The van der Waals surface area contributed by atoms with E-state index in [1.54, 1.807) is 0 Å². The first-order valence-electron chi connectivity index (χ1n) is 7.65. The molecule has 2 aliphatic rings. The molecule has 0 radical (unpaired) electrons. The number of carbonyl (C=O) groups excluding carboxylic acids is 1. The lowest BCUT2D eigenvalue weighted by molar-refractivity contribution is -0.123. The molecule has 1 heterocycles. The first kappa shape index (κ1) is 13.9. The molecule has 2 rings (SSSR count). The Balaban J connectivity index is 1.72. The topological polar surface area (TPSA) is 32.3 Å². The average molecular weight is 252 g/mol. The van der Waals surface area contributed by atoms with Crippen LogP contribution in [0.2, 0.25) is 0 Å². The number of piperidine rings is 1. The van der Waals surface area contributed by atoms with Gasteiger partial charge in [-0.2, -0.15) is 0 Å². The Labute approximate surface area is 111 Å². The first-order chi connectivity index (χ1) is 8.63. The molecule has 3 heteroatoms. The molecule has 104 valence electrons. The minimum Gasteiger partial charge on any atom is -0.352 e. The van der Waals surface area contributed by atoms with Crippen LogP contribution in [0.5, 0.6) is 0 Å². The third kappa shape index (κ3) is 4.27. The van der Waals surface area contributed by atoms with Crippen LogP contribution in [0.1, 0.15) is 52.4 Å². The molecule has 0 unspecified atom stereocenters. The van der Waals surface area contributed by atoms with Crippen molar-refractivity contribution >= 4 is 5.91 Å². The van der Waals surface area contributed by atoms with Gasteiger partial charge in [0.05, 0.1) is 6.54 Å². The van der Waals surface area contributed by atoms with Crippen molar-refractivity contribution in [2.45, 2.75) is 58.4 Å². The van der Waals surface area contributed by atoms with Gasteiger partial charge in [0.1, 0.15) is 0 Å². The lowest BCUT2D eigenvalue weighted by atomic mass is 9.92. The summed E-state index contributed by atoms with van der Waals surface area (Å²) in [5.74, 6) is 1.70. The summed E-state index contributed by atoms with van der Waals surface area (Å²) in [6.07, 6.45) is 7.57. The third-order valence-electron chi connectivity index (χ3n) is 4.28. The number of nitrogens with one attached hydrogen (secondary N) is 1. The highest BCUT2D eigenvalue weighted by molar-refractivity contribution is 5.78. The largest absolute Gasteiger partial charge is 0.352 e. The van der Waals surface area contributed by atoms with Gasteiger partial charge in [0.15, 0.2) is 0 Å². The van der Waals surface area contributed by atoms with Crippen LogP contribution in [-0.4, -0.2) is 36.5 Å². The van der Waals surface area contributed by atoms with Crippen LogP contribution in [0.25, 0.3) is 0 Å². The molecule has 2 atom stereocenters. The van der Waals surface area contributed by atoms with E-state index < -0.39 is 0 Å². The van der Waals surface area contributed by atoms with Crippen molar-refractivity contribution in [3.8, 4) is 0 Å². The molecule has 0 bridgehead atoms. The van der Waals surface area contributed by atoms with Crippen molar-refractivity contribution in [2.24, 2.45) is 11.8 Å². The zero-order chi connectivity index (χ0) is 13.0. The van der Waals surface area contributed by atoms with Gasteiger partial charge in [-0.1, -0.05) is 33.1 Å². The molecule has 3 nitrogen and oxygen atoms in total. The molecule has 1 N–H and O–H groups in total. The van der Waals surface area contributed by atoms with Crippen molar-refractivity contribution in [2.75, 3.05) is 19.6 Å². The van der Waals surface area contributed by atoms with E-state index in [1.165, 1.54) is 38.5 Å². The molecule has 0 aromatic carbocycles. The minimum atomic E-state index is 0.239. The average Bonchev–Trinajstić information content (AvgIpc) is 2.28. The summed E-state index contributed by atoms with van der Waals surface area (Å²) in [6.45, 7) is 7.36. The van der Waals surface area contributed by atoms with E-state index >= 15 is 0 Å². The van der Waals surface area contributed by atoms with Crippen molar-refractivity contribution < 1.29 is 4.79 Å². The third-order valence-corrected chi connectivity index (χ3v) is 4.28. The highest BCUT2D eigenvalue weighted by atomic mass is 16.2. The molecule has 1 aliphatic heterocycles. The standard InChI is InChI=1S/C15H28N2O/c1-12-8-13(2)10-17(9-12)11-15(18)16-14-6-4-3-5-7-14/h12-14H,3-11H2,1-2H3,(H,16,18)/t12-,13-/m1/s1. The zero-order valence-corrected chi connectivity index (χ0v) is 12.0. The van der Waals surface area contributed by atoms with Crippen molar-refractivity contribution in [1.82, 2.24) is 10.2 Å². The second-order valence-electron chi connectivity index (χ2n) is 6.54. The minimum absolute atomic E-state index is 0.239. The van der Waals surface area contributed by atoms with Gasteiger partial charge in [0, 0.05) is 19.1 Å². The fraction of sp³-hybridized carbons (Fsp3) is 0.933. The SMILES string of the molecule is C[C@@H]1C[C@@H](C)CN(CC(=O)NC2CCCCC2)C1. The molecule has 18 heavy (non-hydrogen) atoms. The van der Waals surface area contributed by atoms with Gasteiger partial charge in [-0.05, 0) is 31.1 Å². The fourth-order valence-corrected chi connectivity index (χ4v) is 3.64. The van der Waals surface area contributed by atoms with Crippen molar-refractivity contribution in [1.29, 1.82) is 0 Å². The Hall–Kier alpha value is -0.570. The summed E-state index contributed by atoms with van der Waals surface area (Å²) in [6, 6.07) is 0.450. The van der Waals surface area contributed by atoms with Gasteiger partial charge >= 0.3 is 0 Å². The number of carbonyl (C=O) groups is 1. The summed E-state index contributed by atoms with van der Waals surface area (Å²) in [7, 11) is 0. The van der Waals surface area contributed by atoms with Crippen molar-refractivity contribution in [3.05, 3.63) is 0 Å². The van der Waals surface area contributed by atoms with E-state index in [2.05, 4.69) is 24.1 Å². The number of hydrogen-bond acceptors (Lipinski definition) is 2. The van der Waals surface area contributed by atoms with E-state index in [0.717, 1.165) is 24.9 Å². The molecule has 1 amide bonds. The number of hydrogen-bond donors (Lipinski definition) is 1. The van der Waals surface area contributed by atoms with Gasteiger partial charge < -0.3 is 5.32 Å². The van der Waals surface area contributed by atoms with E-state index in [4.69, 9.17) is 0 Å². The molecule has 1 saturated carbocycles. The molecular weight excluding hydrogens is 224 g/mol.